The van der Waals surface area contributed by atoms with E-state index in [1.807, 2.05) is 20.8 Å². The molecule has 1 amide bonds. The van der Waals surface area contributed by atoms with Crippen molar-refractivity contribution in [2.45, 2.75) is 33.2 Å². The molecule has 0 fully saturated rings. The molecule has 0 atom stereocenters. The zero-order valence-electron chi connectivity index (χ0n) is 12.0. The Hall–Kier alpha value is -1.69. The van der Waals surface area contributed by atoms with Crippen molar-refractivity contribution in [2.24, 2.45) is 0 Å². The second-order valence-corrected chi connectivity index (χ2v) is 4.62. The summed E-state index contributed by atoms with van der Waals surface area (Å²) in [6.45, 7) is 7.03. The topological polar surface area (TPSA) is 76.1 Å². The number of amides is 1. The lowest BCUT2D eigenvalue weighted by atomic mass is 10.3. The molecule has 6 heteroatoms. The van der Waals surface area contributed by atoms with Gasteiger partial charge in [-0.15, -0.1) is 0 Å². The quantitative estimate of drug-likeness (QED) is 0.729. The molecule has 1 rings (SSSR count). The lowest BCUT2D eigenvalue weighted by molar-refractivity contribution is 0.0943. The minimum Gasteiger partial charge on any atom is -0.385 e. The Morgan fingerprint density at radius 3 is 2.79 bits per heavy atom. The summed E-state index contributed by atoms with van der Waals surface area (Å²) in [5.74, 6) is 0.297. The molecule has 6 nitrogen and oxygen atoms in total. The number of ether oxygens (including phenoxy) is 1. The van der Waals surface area contributed by atoms with Crippen LogP contribution in [0.4, 0.5) is 5.95 Å². The first-order valence-corrected chi connectivity index (χ1v) is 6.42. The fraction of sp³-hybridized carbons (Fsp3) is 0.615. The van der Waals surface area contributed by atoms with E-state index in [-0.39, 0.29) is 11.9 Å². The second-order valence-electron chi connectivity index (χ2n) is 4.62. The standard InChI is InChI=1S/C13H22N4O2/c1-9(2)15-13-16-10(3)8-11(17-13)12(18)14-6-5-7-19-4/h8-9H,5-7H2,1-4H3,(H,14,18)(H,15,16,17). The zero-order valence-corrected chi connectivity index (χ0v) is 12.0. The minimum atomic E-state index is -0.187. The maximum absolute atomic E-state index is 11.9. The van der Waals surface area contributed by atoms with Crippen LogP contribution >= 0.6 is 0 Å². The van der Waals surface area contributed by atoms with Crippen molar-refractivity contribution in [1.82, 2.24) is 15.3 Å². The number of aromatic nitrogens is 2. The van der Waals surface area contributed by atoms with Gasteiger partial charge >= 0.3 is 0 Å². The van der Waals surface area contributed by atoms with Crippen molar-refractivity contribution < 1.29 is 9.53 Å². The van der Waals surface area contributed by atoms with Crippen LogP contribution in [0.1, 0.15) is 36.5 Å². The lowest BCUT2D eigenvalue weighted by Crippen LogP contribution is -2.27. The first-order valence-electron chi connectivity index (χ1n) is 6.42. The van der Waals surface area contributed by atoms with E-state index in [4.69, 9.17) is 4.74 Å². The van der Waals surface area contributed by atoms with E-state index >= 15 is 0 Å². The summed E-state index contributed by atoms with van der Waals surface area (Å²) in [5, 5.41) is 5.90. The molecule has 0 saturated heterocycles. The average Bonchev–Trinajstić information content (AvgIpc) is 2.32. The number of carbonyl (C=O) groups excluding carboxylic acids is 1. The Labute approximate surface area is 114 Å². The van der Waals surface area contributed by atoms with Gasteiger partial charge in [-0.25, -0.2) is 9.97 Å². The highest BCUT2D eigenvalue weighted by Crippen LogP contribution is 2.06. The van der Waals surface area contributed by atoms with Crippen LogP contribution < -0.4 is 10.6 Å². The van der Waals surface area contributed by atoms with Crippen LogP contribution in [-0.4, -0.2) is 42.2 Å². The number of hydrogen-bond donors (Lipinski definition) is 2. The van der Waals surface area contributed by atoms with Crippen LogP contribution in [0.2, 0.25) is 0 Å². The van der Waals surface area contributed by atoms with Gasteiger partial charge in [-0.3, -0.25) is 4.79 Å². The normalized spacial score (nSPS) is 10.6. The number of rotatable bonds is 7. The van der Waals surface area contributed by atoms with Crippen molar-refractivity contribution in [2.75, 3.05) is 25.6 Å². The molecule has 0 aromatic carbocycles. The van der Waals surface area contributed by atoms with E-state index in [0.717, 1.165) is 12.1 Å². The van der Waals surface area contributed by atoms with E-state index in [1.165, 1.54) is 0 Å². The molecule has 0 bridgehead atoms. The van der Waals surface area contributed by atoms with Gasteiger partial charge in [0.15, 0.2) is 0 Å². The zero-order chi connectivity index (χ0) is 14.3. The smallest absolute Gasteiger partial charge is 0.270 e. The number of nitrogens with one attached hydrogen (secondary N) is 2. The van der Waals surface area contributed by atoms with E-state index in [9.17, 15) is 4.79 Å². The summed E-state index contributed by atoms with van der Waals surface area (Å²) < 4.78 is 4.92. The van der Waals surface area contributed by atoms with Gasteiger partial charge in [0.2, 0.25) is 5.95 Å². The third-order valence-electron chi connectivity index (χ3n) is 2.32. The van der Waals surface area contributed by atoms with Crippen molar-refractivity contribution in [3.63, 3.8) is 0 Å². The van der Waals surface area contributed by atoms with Crippen LogP contribution in [0.25, 0.3) is 0 Å². The van der Waals surface area contributed by atoms with Gasteiger partial charge in [0, 0.05) is 32.0 Å². The lowest BCUT2D eigenvalue weighted by Gasteiger charge is -2.10. The SMILES string of the molecule is COCCCNC(=O)c1cc(C)nc(NC(C)C)n1. The molecule has 2 N–H and O–H groups in total. The monoisotopic (exact) mass is 266 g/mol. The Balaban J connectivity index is 2.65. The maximum atomic E-state index is 11.9. The maximum Gasteiger partial charge on any atom is 0.270 e. The molecule has 106 valence electrons. The van der Waals surface area contributed by atoms with E-state index in [0.29, 0.717) is 24.8 Å². The van der Waals surface area contributed by atoms with Crippen molar-refractivity contribution in [3.05, 3.63) is 17.5 Å². The molecule has 19 heavy (non-hydrogen) atoms. The molecule has 1 aromatic heterocycles. The Bertz CT molecular complexity index is 421. The van der Waals surface area contributed by atoms with E-state index in [2.05, 4.69) is 20.6 Å². The van der Waals surface area contributed by atoms with Gasteiger partial charge in [0.25, 0.3) is 5.91 Å². The third-order valence-corrected chi connectivity index (χ3v) is 2.32. The second kappa shape index (κ2) is 7.68. The predicted molar refractivity (Wildman–Crippen MR) is 74.4 cm³/mol. The molecular weight excluding hydrogens is 244 g/mol. The van der Waals surface area contributed by atoms with Crippen LogP contribution in [-0.2, 0) is 4.74 Å². The van der Waals surface area contributed by atoms with Gasteiger partial charge in [-0.05, 0) is 33.3 Å². The number of aryl methyl sites for hydroxylation is 1. The number of anilines is 1. The van der Waals surface area contributed by atoms with Crippen LogP contribution in [0.15, 0.2) is 6.07 Å². The first kappa shape index (κ1) is 15.4. The largest absolute Gasteiger partial charge is 0.385 e. The molecule has 0 spiro atoms. The molecule has 0 aliphatic heterocycles. The van der Waals surface area contributed by atoms with Gasteiger partial charge in [-0.2, -0.15) is 0 Å². The predicted octanol–water partition coefficient (Wildman–Crippen LogP) is 1.37. The Kier molecular flexibility index (Phi) is 6.21. The number of methoxy groups -OCH3 is 1. The highest BCUT2D eigenvalue weighted by Gasteiger charge is 2.10. The third kappa shape index (κ3) is 5.65. The molecule has 0 radical (unpaired) electrons. The summed E-state index contributed by atoms with van der Waals surface area (Å²) >= 11 is 0. The van der Waals surface area contributed by atoms with Crippen molar-refractivity contribution in [3.8, 4) is 0 Å². The van der Waals surface area contributed by atoms with E-state index in [1.54, 1.807) is 13.2 Å². The Morgan fingerprint density at radius 1 is 1.42 bits per heavy atom. The summed E-state index contributed by atoms with van der Waals surface area (Å²) in [6, 6.07) is 1.90. The van der Waals surface area contributed by atoms with E-state index < -0.39 is 0 Å². The van der Waals surface area contributed by atoms with Crippen molar-refractivity contribution in [1.29, 1.82) is 0 Å². The number of carbonyl (C=O) groups is 1. The summed E-state index contributed by atoms with van der Waals surface area (Å²) in [5.41, 5.74) is 1.15. The average molecular weight is 266 g/mol. The molecule has 0 aliphatic carbocycles. The first-order chi connectivity index (χ1) is 9.02. The molecule has 0 saturated carbocycles. The number of nitrogens with zero attached hydrogens (tertiary/aromatic N) is 2. The summed E-state index contributed by atoms with van der Waals surface area (Å²) in [4.78, 5) is 20.4. The Morgan fingerprint density at radius 2 is 2.16 bits per heavy atom. The van der Waals surface area contributed by atoms with Crippen LogP contribution in [0.3, 0.4) is 0 Å². The van der Waals surface area contributed by atoms with Gasteiger partial charge in [0.05, 0.1) is 0 Å². The molecular formula is C13H22N4O2. The molecule has 1 aromatic rings. The van der Waals surface area contributed by atoms with Crippen molar-refractivity contribution >= 4 is 11.9 Å². The van der Waals surface area contributed by atoms with Gasteiger partial charge in [-0.1, -0.05) is 0 Å². The van der Waals surface area contributed by atoms with Gasteiger partial charge in [0.1, 0.15) is 5.69 Å². The molecule has 0 aliphatic rings. The fourth-order valence-corrected chi connectivity index (χ4v) is 1.52. The molecule has 1 heterocycles. The molecule has 0 unspecified atom stereocenters. The number of hydrogen-bond acceptors (Lipinski definition) is 5. The fourth-order valence-electron chi connectivity index (χ4n) is 1.52. The minimum absolute atomic E-state index is 0.187. The van der Waals surface area contributed by atoms with Crippen LogP contribution in [0.5, 0.6) is 0 Å². The van der Waals surface area contributed by atoms with Gasteiger partial charge < -0.3 is 15.4 Å². The summed E-state index contributed by atoms with van der Waals surface area (Å²) in [7, 11) is 1.64. The summed E-state index contributed by atoms with van der Waals surface area (Å²) in [6.07, 6.45) is 0.781. The highest BCUT2D eigenvalue weighted by atomic mass is 16.5. The highest BCUT2D eigenvalue weighted by molar-refractivity contribution is 5.92. The van der Waals surface area contributed by atoms with Crippen LogP contribution in [0, 0.1) is 6.92 Å².